The first-order valence-electron chi connectivity index (χ1n) is 7.48. The van der Waals surface area contributed by atoms with Gasteiger partial charge in [-0.2, -0.15) is 10.1 Å². The molecule has 1 heterocycles. The van der Waals surface area contributed by atoms with Crippen molar-refractivity contribution >= 4 is 46.8 Å². The van der Waals surface area contributed by atoms with Gasteiger partial charge in [0.2, 0.25) is 0 Å². The van der Waals surface area contributed by atoms with E-state index in [9.17, 15) is 9.59 Å². The number of hydrogen-bond acceptors (Lipinski definition) is 4. The quantitative estimate of drug-likeness (QED) is 0.847. The number of hydrogen-bond donors (Lipinski definition) is 1. The third-order valence-electron chi connectivity index (χ3n) is 3.74. The van der Waals surface area contributed by atoms with Crippen molar-refractivity contribution in [2.75, 3.05) is 5.01 Å². The predicted octanol–water partition coefficient (Wildman–Crippen LogP) is 3.78. The highest BCUT2D eigenvalue weighted by atomic mass is 35.5. The molecule has 2 aromatic rings. The molecule has 1 aliphatic heterocycles. The van der Waals surface area contributed by atoms with E-state index in [0.29, 0.717) is 17.1 Å². The molecule has 0 spiro atoms. The number of aliphatic imine (C=N–C) groups is 1. The largest absolute Gasteiger partial charge is 0.478 e. The summed E-state index contributed by atoms with van der Waals surface area (Å²) in [4.78, 5) is 27.9. The van der Waals surface area contributed by atoms with Crippen LogP contribution < -0.4 is 5.01 Å². The Kier molecular flexibility index (Phi) is 4.63. The Balaban J connectivity index is 1.83. The summed E-state index contributed by atoms with van der Waals surface area (Å²) in [6, 6.07) is 13.5. The molecule has 25 heavy (non-hydrogen) atoms. The number of hydrazone groups is 1. The number of benzene rings is 2. The number of rotatable bonds is 4. The maximum atomic E-state index is 12.6. The second-order valence-corrected chi connectivity index (χ2v) is 5.86. The molecular weight excluding hydrogens is 342 g/mol. The topological polar surface area (TPSA) is 82.3 Å². The van der Waals surface area contributed by atoms with Crippen molar-refractivity contribution in [1.82, 2.24) is 0 Å². The van der Waals surface area contributed by atoms with Gasteiger partial charge in [-0.25, -0.2) is 4.79 Å². The van der Waals surface area contributed by atoms with E-state index in [0.717, 1.165) is 0 Å². The molecule has 1 aliphatic rings. The Morgan fingerprint density at radius 3 is 2.68 bits per heavy atom. The van der Waals surface area contributed by atoms with Gasteiger partial charge in [-0.1, -0.05) is 29.8 Å². The number of aromatic carboxylic acids is 1. The van der Waals surface area contributed by atoms with Crippen LogP contribution in [0.1, 0.15) is 17.3 Å². The highest BCUT2D eigenvalue weighted by Gasteiger charge is 2.33. The van der Waals surface area contributed by atoms with Gasteiger partial charge in [-0.05, 0) is 37.3 Å². The van der Waals surface area contributed by atoms with Crippen molar-refractivity contribution in [1.29, 1.82) is 0 Å². The predicted molar refractivity (Wildman–Crippen MR) is 97.1 cm³/mol. The molecule has 0 aromatic heterocycles. The van der Waals surface area contributed by atoms with Crippen molar-refractivity contribution < 1.29 is 14.7 Å². The van der Waals surface area contributed by atoms with Crippen molar-refractivity contribution in [2.45, 2.75) is 6.92 Å². The van der Waals surface area contributed by atoms with Crippen LogP contribution in [0, 0.1) is 5.92 Å². The van der Waals surface area contributed by atoms with Crippen LogP contribution in [0.25, 0.3) is 0 Å². The van der Waals surface area contributed by atoms with Gasteiger partial charge in [0.25, 0.3) is 5.91 Å². The molecule has 1 atom stereocenters. The zero-order chi connectivity index (χ0) is 18.0. The van der Waals surface area contributed by atoms with E-state index in [1.807, 2.05) is 18.2 Å². The molecule has 0 bridgehead atoms. The van der Waals surface area contributed by atoms with Crippen LogP contribution in [0.4, 0.5) is 11.4 Å². The average Bonchev–Trinajstić information content (AvgIpc) is 2.89. The van der Waals surface area contributed by atoms with Crippen LogP contribution in [-0.4, -0.2) is 28.9 Å². The van der Waals surface area contributed by atoms with Gasteiger partial charge in [0.15, 0.2) is 0 Å². The smallest absolute Gasteiger partial charge is 0.337 e. The Morgan fingerprint density at radius 2 is 2.00 bits per heavy atom. The lowest BCUT2D eigenvalue weighted by Gasteiger charge is -2.12. The Morgan fingerprint density at radius 1 is 1.28 bits per heavy atom. The monoisotopic (exact) mass is 355 g/mol. The van der Waals surface area contributed by atoms with E-state index in [1.54, 1.807) is 25.1 Å². The van der Waals surface area contributed by atoms with E-state index in [2.05, 4.69) is 10.1 Å². The van der Waals surface area contributed by atoms with Crippen LogP contribution in [0.3, 0.4) is 0 Å². The molecule has 126 valence electrons. The highest BCUT2D eigenvalue weighted by Crippen LogP contribution is 2.25. The van der Waals surface area contributed by atoms with Crippen molar-refractivity contribution in [3.05, 3.63) is 59.1 Å². The van der Waals surface area contributed by atoms with Gasteiger partial charge >= 0.3 is 5.97 Å². The number of nitrogens with zero attached hydrogens (tertiary/aromatic N) is 3. The summed E-state index contributed by atoms with van der Waals surface area (Å²) in [6.07, 6.45) is 1.47. The normalized spacial score (nSPS) is 17.2. The zero-order valence-corrected chi connectivity index (χ0v) is 14.0. The van der Waals surface area contributed by atoms with E-state index in [1.165, 1.54) is 23.4 Å². The van der Waals surface area contributed by atoms with Crippen molar-refractivity contribution in [3.63, 3.8) is 0 Å². The molecule has 3 rings (SSSR count). The Bertz CT molecular complexity index is 894. The summed E-state index contributed by atoms with van der Waals surface area (Å²) in [7, 11) is 0. The summed E-state index contributed by atoms with van der Waals surface area (Å²) in [5.74, 6) is -1.93. The Hall–Kier alpha value is -2.99. The molecule has 0 saturated heterocycles. The van der Waals surface area contributed by atoms with Crippen LogP contribution >= 0.6 is 11.6 Å². The van der Waals surface area contributed by atoms with Gasteiger partial charge in [-0.3, -0.25) is 9.79 Å². The van der Waals surface area contributed by atoms with E-state index < -0.39 is 11.9 Å². The van der Waals surface area contributed by atoms with E-state index in [4.69, 9.17) is 16.7 Å². The van der Waals surface area contributed by atoms with Gasteiger partial charge in [-0.15, -0.1) is 0 Å². The first-order valence-corrected chi connectivity index (χ1v) is 7.86. The minimum absolute atomic E-state index is 0.0367. The Labute approximate surface area is 149 Å². The molecule has 0 fully saturated rings. The fourth-order valence-electron chi connectivity index (χ4n) is 2.42. The first-order chi connectivity index (χ1) is 12.0. The molecular formula is C18H14ClN3O3. The SMILES string of the molecule is CC1=NN(c2ccccc2)C(=O)[C@H]1C=Nc1ccc(Cl)c(C(=O)O)c1. The molecule has 0 radical (unpaired) electrons. The summed E-state index contributed by atoms with van der Waals surface area (Å²) >= 11 is 5.84. The number of carboxylic acid groups (broad SMARTS) is 1. The van der Waals surface area contributed by atoms with Gasteiger partial charge in [0.05, 0.1) is 27.7 Å². The number of halogens is 1. The minimum atomic E-state index is -1.13. The maximum Gasteiger partial charge on any atom is 0.337 e. The zero-order valence-electron chi connectivity index (χ0n) is 13.3. The van der Waals surface area contributed by atoms with Gasteiger partial charge < -0.3 is 5.11 Å². The van der Waals surface area contributed by atoms with Crippen molar-refractivity contribution in [2.24, 2.45) is 16.0 Å². The molecule has 1 N–H and O–H groups in total. The van der Waals surface area contributed by atoms with E-state index >= 15 is 0 Å². The molecule has 2 aromatic carbocycles. The molecule has 1 amide bonds. The van der Waals surface area contributed by atoms with Crippen molar-refractivity contribution in [3.8, 4) is 0 Å². The molecule has 6 nitrogen and oxygen atoms in total. The highest BCUT2D eigenvalue weighted by molar-refractivity contribution is 6.33. The van der Waals surface area contributed by atoms with E-state index in [-0.39, 0.29) is 16.5 Å². The average molecular weight is 356 g/mol. The van der Waals surface area contributed by atoms with Crippen LogP contribution in [0.2, 0.25) is 5.02 Å². The third kappa shape index (κ3) is 3.44. The number of carbonyl (C=O) groups is 2. The number of amides is 1. The molecule has 7 heteroatoms. The lowest BCUT2D eigenvalue weighted by atomic mass is 10.1. The van der Waals surface area contributed by atoms with Gasteiger partial charge in [0.1, 0.15) is 5.92 Å². The standard InChI is InChI=1S/C18H14ClN3O3/c1-11-15(17(23)22(21-11)13-5-3-2-4-6-13)10-20-12-7-8-16(19)14(9-12)18(24)25/h2-10,15H,1H3,(H,24,25)/t15-/m0/s1. The number of carbonyl (C=O) groups excluding carboxylic acids is 1. The van der Waals surface area contributed by atoms with Crippen LogP contribution in [0.15, 0.2) is 58.6 Å². The molecule has 0 aliphatic carbocycles. The van der Waals surface area contributed by atoms with Crippen LogP contribution in [0.5, 0.6) is 0 Å². The summed E-state index contributed by atoms with van der Waals surface area (Å²) in [6.45, 7) is 1.75. The fourth-order valence-corrected chi connectivity index (χ4v) is 2.62. The lowest BCUT2D eigenvalue weighted by molar-refractivity contribution is -0.118. The number of carboxylic acids is 1. The maximum absolute atomic E-state index is 12.6. The summed E-state index contributed by atoms with van der Waals surface area (Å²) in [5, 5.41) is 14.9. The summed E-state index contributed by atoms with van der Waals surface area (Å²) < 4.78 is 0. The van der Waals surface area contributed by atoms with Gasteiger partial charge in [0, 0.05) is 6.21 Å². The lowest BCUT2D eigenvalue weighted by Crippen LogP contribution is -2.27. The number of para-hydroxylation sites is 1. The fraction of sp³-hybridized carbons (Fsp3) is 0.111. The molecule has 0 saturated carbocycles. The first kappa shape index (κ1) is 16.9. The second kappa shape index (κ2) is 6.86. The molecule has 0 unspecified atom stereocenters. The minimum Gasteiger partial charge on any atom is -0.478 e. The third-order valence-corrected chi connectivity index (χ3v) is 4.07. The second-order valence-electron chi connectivity index (χ2n) is 5.45. The number of anilines is 1. The summed E-state index contributed by atoms with van der Waals surface area (Å²) in [5.41, 5.74) is 1.67. The van der Waals surface area contributed by atoms with Crippen LogP contribution in [-0.2, 0) is 4.79 Å².